The van der Waals surface area contributed by atoms with Crippen LogP contribution in [0.15, 0.2) is 36.1 Å². The van der Waals surface area contributed by atoms with Crippen LogP contribution in [0.4, 0.5) is 0 Å². The van der Waals surface area contributed by atoms with Gasteiger partial charge < -0.3 is 5.11 Å². The van der Waals surface area contributed by atoms with E-state index in [1.165, 1.54) is 0 Å². The number of aromatic nitrogens is 2. The van der Waals surface area contributed by atoms with E-state index >= 15 is 0 Å². The summed E-state index contributed by atoms with van der Waals surface area (Å²) in [6.07, 6.45) is 5.55. The molecule has 1 unspecified atom stereocenters. The Balaban J connectivity index is 1.78. The maximum Gasteiger partial charge on any atom is 0.0794 e. The van der Waals surface area contributed by atoms with Crippen molar-refractivity contribution in [2.24, 2.45) is 0 Å². The van der Waals surface area contributed by atoms with Gasteiger partial charge in [0.2, 0.25) is 0 Å². The molecule has 2 aromatic rings. The van der Waals surface area contributed by atoms with Crippen LogP contribution in [0.5, 0.6) is 0 Å². The van der Waals surface area contributed by atoms with Crippen LogP contribution < -0.4 is 0 Å². The van der Waals surface area contributed by atoms with Crippen molar-refractivity contribution < 1.29 is 5.11 Å². The summed E-state index contributed by atoms with van der Waals surface area (Å²) in [5.74, 6) is 0. The number of pyridine rings is 1. The van der Waals surface area contributed by atoms with Crippen LogP contribution in [0.3, 0.4) is 0 Å². The summed E-state index contributed by atoms with van der Waals surface area (Å²) >= 11 is 1.59. The van der Waals surface area contributed by atoms with E-state index in [9.17, 15) is 5.11 Å². The molecule has 84 valence electrons. The van der Waals surface area contributed by atoms with E-state index in [2.05, 4.69) is 9.97 Å². The number of hydrogen-bond donors (Lipinski definition) is 1. The van der Waals surface area contributed by atoms with Crippen LogP contribution in [-0.4, -0.2) is 21.2 Å². The fourth-order valence-corrected chi connectivity index (χ4v) is 2.21. The molecule has 0 amide bonds. The highest BCUT2D eigenvalue weighted by Crippen LogP contribution is 2.11. The highest BCUT2D eigenvalue weighted by Gasteiger charge is 2.07. The molecule has 0 aromatic carbocycles. The number of nitrogens with zero attached hydrogens (tertiary/aromatic N) is 2. The van der Waals surface area contributed by atoms with Crippen LogP contribution in [0.1, 0.15) is 17.0 Å². The van der Waals surface area contributed by atoms with Crippen molar-refractivity contribution in [3.63, 3.8) is 0 Å². The normalized spacial score (nSPS) is 12.6. The molecule has 2 rings (SSSR count). The summed E-state index contributed by atoms with van der Waals surface area (Å²) < 4.78 is 0. The molecule has 3 nitrogen and oxygen atoms in total. The third-order valence-corrected chi connectivity index (χ3v) is 3.18. The van der Waals surface area contributed by atoms with Crippen molar-refractivity contribution in [1.29, 1.82) is 0 Å². The first-order valence-electron chi connectivity index (χ1n) is 5.30. The Labute approximate surface area is 98.8 Å². The first-order valence-corrected chi connectivity index (χ1v) is 6.18. The Kier molecular flexibility index (Phi) is 4.02. The van der Waals surface area contributed by atoms with Gasteiger partial charge in [-0.3, -0.25) is 9.97 Å². The van der Waals surface area contributed by atoms with E-state index in [0.29, 0.717) is 6.42 Å². The van der Waals surface area contributed by atoms with Gasteiger partial charge in [0.25, 0.3) is 0 Å². The van der Waals surface area contributed by atoms with Crippen molar-refractivity contribution in [1.82, 2.24) is 9.97 Å². The molecule has 0 radical (unpaired) electrons. The van der Waals surface area contributed by atoms with Gasteiger partial charge in [-0.15, -0.1) is 11.3 Å². The van der Waals surface area contributed by atoms with Gasteiger partial charge in [-0.25, -0.2) is 0 Å². The first kappa shape index (κ1) is 11.2. The highest BCUT2D eigenvalue weighted by atomic mass is 32.1. The largest absolute Gasteiger partial charge is 0.393 e. The Morgan fingerprint density at radius 2 is 2.31 bits per heavy atom. The molecule has 0 aliphatic heterocycles. The smallest absolute Gasteiger partial charge is 0.0794 e. The molecular formula is C12H14N2OS. The number of rotatable bonds is 5. The Morgan fingerprint density at radius 3 is 3.00 bits per heavy atom. The molecule has 0 saturated heterocycles. The molecule has 0 aliphatic rings. The fraction of sp³-hybridized carbons (Fsp3) is 0.333. The van der Waals surface area contributed by atoms with Crippen LogP contribution in [0.2, 0.25) is 0 Å². The third-order valence-electron chi connectivity index (χ3n) is 2.38. The molecule has 0 spiro atoms. The van der Waals surface area contributed by atoms with E-state index in [0.717, 1.165) is 23.4 Å². The number of aliphatic hydroxyl groups excluding tert-OH is 1. The molecule has 1 atom stereocenters. The van der Waals surface area contributed by atoms with Gasteiger partial charge >= 0.3 is 0 Å². The second-order valence-corrected chi connectivity index (χ2v) is 4.66. The Hall–Kier alpha value is -1.26. The van der Waals surface area contributed by atoms with Crippen LogP contribution in [0.25, 0.3) is 0 Å². The van der Waals surface area contributed by atoms with Gasteiger partial charge in [0.05, 0.1) is 11.6 Å². The lowest BCUT2D eigenvalue weighted by atomic mass is 10.1. The number of hydrogen-bond acceptors (Lipinski definition) is 4. The highest BCUT2D eigenvalue weighted by molar-refractivity contribution is 7.09. The van der Waals surface area contributed by atoms with Crippen LogP contribution in [0, 0.1) is 0 Å². The molecule has 0 fully saturated rings. The third kappa shape index (κ3) is 3.40. The lowest BCUT2D eigenvalue weighted by Gasteiger charge is -2.08. The standard InChI is InChI=1S/C12H14N2OS/c15-11(7-12-8-13-9-16-12)5-4-10-3-1-2-6-14-10/h1-3,6,8-9,11,15H,4-5,7H2. The van der Waals surface area contributed by atoms with Gasteiger partial charge in [-0.1, -0.05) is 6.07 Å². The summed E-state index contributed by atoms with van der Waals surface area (Å²) in [7, 11) is 0. The summed E-state index contributed by atoms with van der Waals surface area (Å²) in [6.45, 7) is 0. The second-order valence-electron chi connectivity index (χ2n) is 3.69. The molecule has 16 heavy (non-hydrogen) atoms. The molecule has 0 aliphatic carbocycles. The SMILES string of the molecule is OC(CCc1ccccn1)Cc1cncs1. The first-order chi connectivity index (χ1) is 7.84. The zero-order chi connectivity index (χ0) is 11.2. The number of aliphatic hydroxyl groups is 1. The predicted molar refractivity (Wildman–Crippen MR) is 64.4 cm³/mol. The van der Waals surface area contributed by atoms with Gasteiger partial charge in [0.1, 0.15) is 0 Å². The number of thiazole rings is 1. The van der Waals surface area contributed by atoms with Crippen LogP contribution >= 0.6 is 11.3 Å². The molecule has 0 saturated carbocycles. The molecular weight excluding hydrogens is 220 g/mol. The van der Waals surface area contributed by atoms with E-state index in [1.807, 2.05) is 24.4 Å². The van der Waals surface area contributed by atoms with Crippen molar-refractivity contribution in [2.45, 2.75) is 25.4 Å². The fourth-order valence-electron chi connectivity index (χ4n) is 1.54. The van der Waals surface area contributed by atoms with Gasteiger partial charge in [-0.2, -0.15) is 0 Å². The summed E-state index contributed by atoms with van der Waals surface area (Å²) in [4.78, 5) is 9.35. The zero-order valence-corrected chi connectivity index (χ0v) is 9.73. The Bertz CT molecular complexity index is 402. The topological polar surface area (TPSA) is 46.0 Å². The maximum atomic E-state index is 9.83. The minimum Gasteiger partial charge on any atom is -0.393 e. The molecule has 1 N–H and O–H groups in total. The van der Waals surface area contributed by atoms with Gasteiger partial charge in [0, 0.05) is 29.4 Å². The monoisotopic (exact) mass is 234 g/mol. The van der Waals surface area contributed by atoms with E-state index in [1.54, 1.807) is 23.0 Å². The van der Waals surface area contributed by atoms with Crippen molar-refractivity contribution >= 4 is 11.3 Å². The molecule has 0 bridgehead atoms. The average Bonchev–Trinajstić information content (AvgIpc) is 2.81. The predicted octanol–water partition coefficient (Wildman–Crippen LogP) is 2.07. The number of aryl methyl sites for hydroxylation is 1. The van der Waals surface area contributed by atoms with Crippen molar-refractivity contribution in [3.05, 3.63) is 46.7 Å². The van der Waals surface area contributed by atoms with Gasteiger partial charge in [-0.05, 0) is 25.0 Å². The van der Waals surface area contributed by atoms with Crippen molar-refractivity contribution in [3.8, 4) is 0 Å². The molecule has 4 heteroatoms. The van der Waals surface area contributed by atoms with Gasteiger partial charge in [0.15, 0.2) is 0 Å². The molecule has 2 aromatic heterocycles. The average molecular weight is 234 g/mol. The summed E-state index contributed by atoms with van der Waals surface area (Å²) in [6, 6.07) is 5.86. The quantitative estimate of drug-likeness (QED) is 0.861. The lowest BCUT2D eigenvalue weighted by molar-refractivity contribution is 0.165. The van der Waals surface area contributed by atoms with E-state index < -0.39 is 0 Å². The van der Waals surface area contributed by atoms with Crippen molar-refractivity contribution in [2.75, 3.05) is 0 Å². The minimum absolute atomic E-state index is 0.303. The van der Waals surface area contributed by atoms with Crippen LogP contribution in [-0.2, 0) is 12.8 Å². The minimum atomic E-state index is -0.303. The second kappa shape index (κ2) is 5.72. The summed E-state index contributed by atoms with van der Waals surface area (Å²) in [5.41, 5.74) is 2.83. The van der Waals surface area contributed by atoms with E-state index in [4.69, 9.17) is 0 Å². The summed E-state index contributed by atoms with van der Waals surface area (Å²) in [5, 5.41) is 9.83. The Morgan fingerprint density at radius 1 is 1.38 bits per heavy atom. The molecule has 2 heterocycles. The van der Waals surface area contributed by atoms with E-state index in [-0.39, 0.29) is 6.10 Å². The zero-order valence-electron chi connectivity index (χ0n) is 8.91. The lowest BCUT2D eigenvalue weighted by Crippen LogP contribution is -2.11. The maximum absolute atomic E-state index is 9.83.